The maximum atomic E-state index is 12.7. The van der Waals surface area contributed by atoms with Crippen molar-refractivity contribution >= 4 is 28.2 Å². The highest BCUT2D eigenvalue weighted by atomic mass is 35.5. The topological polar surface area (TPSA) is 80.5 Å². The number of sulfone groups is 1. The van der Waals surface area contributed by atoms with E-state index in [1.54, 1.807) is 4.90 Å². The average molecular weight is 361 g/mol. The van der Waals surface area contributed by atoms with Crippen LogP contribution in [-0.2, 0) is 14.6 Å². The van der Waals surface area contributed by atoms with Gasteiger partial charge in [0.15, 0.2) is 9.84 Å². The molecule has 1 aliphatic heterocycles. The fraction of sp³-hybridized carbons (Fsp3) is 0.562. The van der Waals surface area contributed by atoms with Gasteiger partial charge in [0.05, 0.1) is 0 Å². The summed E-state index contributed by atoms with van der Waals surface area (Å²) in [7, 11) is -3.47. The number of likely N-dealkylation sites (tertiary alicyclic amines) is 1. The van der Waals surface area contributed by atoms with Gasteiger partial charge in [0.2, 0.25) is 5.91 Å². The number of hydrogen-bond donors (Lipinski definition) is 1. The van der Waals surface area contributed by atoms with Gasteiger partial charge in [0, 0.05) is 25.3 Å². The second-order valence-corrected chi connectivity index (χ2v) is 9.07. The van der Waals surface area contributed by atoms with Gasteiger partial charge in [0.25, 0.3) is 0 Å². The first-order chi connectivity index (χ1) is 10.2. The summed E-state index contributed by atoms with van der Waals surface area (Å²) in [6, 6.07) is 9.94. The lowest BCUT2D eigenvalue weighted by molar-refractivity contribution is -0.132. The van der Waals surface area contributed by atoms with Gasteiger partial charge >= 0.3 is 0 Å². The molecule has 23 heavy (non-hydrogen) atoms. The minimum atomic E-state index is -3.47. The van der Waals surface area contributed by atoms with Crippen molar-refractivity contribution in [1.29, 1.82) is 0 Å². The Balaban J connectivity index is 0.00000264. The van der Waals surface area contributed by atoms with Crippen LogP contribution >= 0.6 is 12.4 Å². The van der Waals surface area contributed by atoms with E-state index in [9.17, 15) is 13.2 Å². The van der Waals surface area contributed by atoms with Gasteiger partial charge in [-0.05, 0) is 31.9 Å². The second kappa shape index (κ2) is 7.20. The molecule has 0 bridgehead atoms. The number of nitrogens with zero attached hydrogens (tertiary/aromatic N) is 1. The summed E-state index contributed by atoms with van der Waals surface area (Å²) in [5, 5.41) is 0. The molecule has 0 unspecified atom stereocenters. The predicted molar refractivity (Wildman–Crippen MR) is 94.5 cm³/mol. The fourth-order valence-corrected chi connectivity index (χ4v) is 3.34. The lowest BCUT2D eigenvalue weighted by Gasteiger charge is -2.27. The third-order valence-electron chi connectivity index (χ3n) is 4.70. The third kappa shape index (κ3) is 3.87. The van der Waals surface area contributed by atoms with Crippen molar-refractivity contribution in [2.75, 3.05) is 25.9 Å². The van der Waals surface area contributed by atoms with Crippen molar-refractivity contribution in [2.24, 2.45) is 11.7 Å². The van der Waals surface area contributed by atoms with E-state index in [4.69, 9.17) is 5.73 Å². The zero-order valence-corrected chi connectivity index (χ0v) is 15.4. The van der Waals surface area contributed by atoms with E-state index in [-0.39, 0.29) is 30.2 Å². The summed E-state index contributed by atoms with van der Waals surface area (Å²) >= 11 is 0. The Labute approximate surface area is 144 Å². The van der Waals surface area contributed by atoms with Crippen molar-refractivity contribution in [3.05, 3.63) is 35.9 Å². The van der Waals surface area contributed by atoms with Crippen LogP contribution in [0.5, 0.6) is 0 Å². The SMILES string of the molecule is CC(C)(C(=O)N1C[C@@H](CN)[C@H](c2ccccc2)C1)S(C)(=O)=O.Cl. The second-order valence-electron chi connectivity index (χ2n) is 6.51. The smallest absolute Gasteiger partial charge is 0.243 e. The minimum absolute atomic E-state index is 0. The molecule has 1 amide bonds. The van der Waals surface area contributed by atoms with E-state index in [1.165, 1.54) is 13.8 Å². The third-order valence-corrected chi connectivity index (χ3v) is 6.73. The van der Waals surface area contributed by atoms with Crippen LogP contribution < -0.4 is 5.73 Å². The van der Waals surface area contributed by atoms with Gasteiger partial charge in [0.1, 0.15) is 4.75 Å². The number of nitrogens with two attached hydrogens (primary N) is 1. The van der Waals surface area contributed by atoms with Crippen LogP contribution in [0.1, 0.15) is 25.3 Å². The summed E-state index contributed by atoms with van der Waals surface area (Å²) in [4.78, 5) is 14.3. The molecule has 1 aromatic rings. The molecular formula is C16H25ClN2O3S. The van der Waals surface area contributed by atoms with Crippen molar-refractivity contribution in [3.8, 4) is 0 Å². The van der Waals surface area contributed by atoms with Gasteiger partial charge in [-0.2, -0.15) is 0 Å². The Bertz CT molecular complexity index is 647. The molecule has 1 aromatic carbocycles. The van der Waals surface area contributed by atoms with Crippen LogP contribution in [0.4, 0.5) is 0 Å². The number of rotatable bonds is 4. The van der Waals surface area contributed by atoms with Gasteiger partial charge in [-0.15, -0.1) is 12.4 Å². The monoisotopic (exact) mass is 360 g/mol. The molecular weight excluding hydrogens is 336 g/mol. The van der Waals surface area contributed by atoms with Crippen molar-refractivity contribution in [1.82, 2.24) is 4.90 Å². The first-order valence-electron chi connectivity index (χ1n) is 7.42. The maximum Gasteiger partial charge on any atom is 0.243 e. The van der Waals surface area contributed by atoms with Crippen LogP contribution in [0.15, 0.2) is 30.3 Å². The molecule has 0 spiro atoms. The van der Waals surface area contributed by atoms with E-state index in [0.29, 0.717) is 19.6 Å². The number of amides is 1. The normalized spacial score (nSPS) is 21.8. The summed E-state index contributed by atoms with van der Waals surface area (Å²) < 4.78 is 22.4. The molecule has 130 valence electrons. The van der Waals surface area contributed by atoms with E-state index < -0.39 is 14.6 Å². The number of carbonyl (C=O) groups excluding carboxylic acids is 1. The van der Waals surface area contributed by atoms with Crippen LogP contribution in [0.2, 0.25) is 0 Å². The molecule has 7 heteroatoms. The number of halogens is 1. The van der Waals surface area contributed by atoms with Crippen LogP contribution in [0.3, 0.4) is 0 Å². The van der Waals surface area contributed by atoms with E-state index in [1.807, 2.05) is 30.3 Å². The van der Waals surface area contributed by atoms with Crippen LogP contribution in [0.25, 0.3) is 0 Å². The standard InChI is InChI=1S/C16H24N2O3S.ClH/c1-16(2,22(3,20)21)15(19)18-10-13(9-17)14(11-18)12-7-5-4-6-8-12;/h4-8,13-14H,9-11,17H2,1-3H3;1H/t13-,14+;/m1./s1. The Morgan fingerprint density at radius 3 is 2.30 bits per heavy atom. The Morgan fingerprint density at radius 1 is 1.26 bits per heavy atom. The molecule has 2 rings (SSSR count). The fourth-order valence-electron chi connectivity index (χ4n) is 2.89. The van der Waals surface area contributed by atoms with E-state index in [2.05, 4.69) is 0 Å². The minimum Gasteiger partial charge on any atom is -0.340 e. The summed E-state index contributed by atoms with van der Waals surface area (Å²) in [6.07, 6.45) is 1.11. The lowest BCUT2D eigenvalue weighted by Crippen LogP contribution is -2.49. The van der Waals surface area contributed by atoms with Crippen molar-refractivity contribution < 1.29 is 13.2 Å². The Hall–Kier alpha value is -1.11. The highest BCUT2D eigenvalue weighted by Crippen LogP contribution is 2.34. The molecule has 0 aromatic heterocycles. The summed E-state index contributed by atoms with van der Waals surface area (Å²) in [5.74, 6) is -0.0286. The molecule has 0 saturated carbocycles. The molecule has 0 radical (unpaired) electrons. The average Bonchev–Trinajstić information content (AvgIpc) is 2.90. The molecule has 5 nitrogen and oxygen atoms in total. The molecule has 2 N–H and O–H groups in total. The zero-order chi connectivity index (χ0) is 16.5. The van der Waals surface area contributed by atoms with Crippen LogP contribution in [-0.4, -0.2) is 49.9 Å². The highest BCUT2D eigenvalue weighted by Gasteiger charge is 2.45. The molecule has 1 fully saturated rings. The molecule has 0 aliphatic carbocycles. The lowest BCUT2D eigenvalue weighted by atomic mass is 9.89. The first kappa shape index (κ1) is 19.9. The summed E-state index contributed by atoms with van der Waals surface area (Å²) in [5.41, 5.74) is 7.01. The number of carbonyl (C=O) groups is 1. The number of benzene rings is 1. The van der Waals surface area contributed by atoms with Gasteiger partial charge < -0.3 is 10.6 Å². The predicted octanol–water partition coefficient (Wildman–Crippen LogP) is 1.43. The highest BCUT2D eigenvalue weighted by molar-refractivity contribution is 7.92. The van der Waals surface area contributed by atoms with E-state index in [0.717, 1.165) is 11.8 Å². The zero-order valence-electron chi connectivity index (χ0n) is 13.7. The molecule has 2 atom stereocenters. The first-order valence-corrected chi connectivity index (χ1v) is 9.31. The summed E-state index contributed by atoms with van der Waals surface area (Å²) in [6.45, 7) is 4.44. The van der Waals surface area contributed by atoms with Gasteiger partial charge in [-0.25, -0.2) is 8.42 Å². The molecule has 1 saturated heterocycles. The number of hydrogen-bond acceptors (Lipinski definition) is 4. The molecule has 1 heterocycles. The van der Waals surface area contributed by atoms with Crippen LogP contribution in [0, 0.1) is 5.92 Å². The molecule has 1 aliphatic rings. The van der Waals surface area contributed by atoms with E-state index >= 15 is 0 Å². The van der Waals surface area contributed by atoms with Crippen molar-refractivity contribution in [3.63, 3.8) is 0 Å². The Kier molecular flexibility index (Phi) is 6.24. The van der Waals surface area contributed by atoms with Gasteiger partial charge in [-0.3, -0.25) is 4.79 Å². The quantitative estimate of drug-likeness (QED) is 0.880. The largest absolute Gasteiger partial charge is 0.340 e. The Morgan fingerprint density at radius 2 is 1.83 bits per heavy atom. The van der Waals surface area contributed by atoms with Crippen molar-refractivity contribution in [2.45, 2.75) is 24.5 Å². The van der Waals surface area contributed by atoms with Gasteiger partial charge in [-0.1, -0.05) is 30.3 Å². The maximum absolute atomic E-state index is 12.7.